The second-order valence-corrected chi connectivity index (χ2v) is 7.66. The lowest BCUT2D eigenvalue weighted by atomic mass is 10.1. The minimum atomic E-state index is 0.159. The SMILES string of the molecule is CN(C(=O)c1cc2c(s1)CCSC2)C(CN)C1CC1. The largest absolute Gasteiger partial charge is 0.336 e. The summed E-state index contributed by atoms with van der Waals surface area (Å²) in [6.07, 6.45) is 3.55. The first-order valence-electron chi connectivity index (χ1n) is 6.87. The molecule has 1 saturated carbocycles. The Morgan fingerprint density at radius 3 is 3.00 bits per heavy atom. The number of hydrogen-bond acceptors (Lipinski definition) is 4. The number of hydrogen-bond donors (Lipinski definition) is 1. The standard InChI is InChI=1S/C14H20N2OS2/c1-16(11(7-15)9-2-3-9)14(17)13-6-10-8-18-5-4-12(10)19-13/h6,9,11H,2-5,7-8,15H2,1H3. The molecule has 0 saturated heterocycles. The minimum Gasteiger partial charge on any atom is -0.336 e. The van der Waals surface area contributed by atoms with Gasteiger partial charge in [0, 0.05) is 30.3 Å². The molecule has 1 aliphatic heterocycles. The highest BCUT2D eigenvalue weighted by Crippen LogP contribution is 2.36. The van der Waals surface area contributed by atoms with Gasteiger partial charge in [0.1, 0.15) is 0 Å². The van der Waals surface area contributed by atoms with E-state index in [1.807, 2.05) is 23.7 Å². The van der Waals surface area contributed by atoms with Crippen LogP contribution in [0.2, 0.25) is 0 Å². The Morgan fingerprint density at radius 1 is 1.58 bits per heavy atom. The van der Waals surface area contributed by atoms with Crippen molar-refractivity contribution < 1.29 is 4.79 Å². The Morgan fingerprint density at radius 2 is 2.37 bits per heavy atom. The Labute approximate surface area is 122 Å². The Kier molecular flexibility index (Phi) is 3.87. The molecule has 2 aliphatic rings. The number of likely N-dealkylation sites (N-methyl/N-ethyl adjacent to an activating group) is 1. The number of nitrogens with zero attached hydrogens (tertiary/aromatic N) is 1. The fourth-order valence-corrected chi connectivity index (χ4v) is 5.08. The van der Waals surface area contributed by atoms with Crippen molar-refractivity contribution in [2.75, 3.05) is 19.3 Å². The third-order valence-corrected chi connectivity index (χ3v) is 6.30. The van der Waals surface area contributed by atoms with Gasteiger partial charge in [0.25, 0.3) is 5.91 Å². The van der Waals surface area contributed by atoms with E-state index in [9.17, 15) is 4.79 Å². The van der Waals surface area contributed by atoms with Gasteiger partial charge in [0.05, 0.1) is 4.88 Å². The summed E-state index contributed by atoms with van der Waals surface area (Å²) in [5.41, 5.74) is 7.20. The molecule has 3 rings (SSSR count). The van der Waals surface area contributed by atoms with E-state index in [-0.39, 0.29) is 11.9 Å². The van der Waals surface area contributed by atoms with Crippen molar-refractivity contribution in [3.05, 3.63) is 21.4 Å². The van der Waals surface area contributed by atoms with Crippen molar-refractivity contribution in [2.24, 2.45) is 11.7 Å². The molecule has 3 nitrogen and oxygen atoms in total. The molecule has 2 N–H and O–H groups in total. The molecule has 5 heteroatoms. The van der Waals surface area contributed by atoms with E-state index in [2.05, 4.69) is 6.07 Å². The molecule has 1 amide bonds. The highest BCUT2D eigenvalue weighted by Gasteiger charge is 2.35. The fourth-order valence-electron chi connectivity index (χ4n) is 2.72. The maximum Gasteiger partial charge on any atom is 0.263 e. The summed E-state index contributed by atoms with van der Waals surface area (Å²) < 4.78 is 0. The van der Waals surface area contributed by atoms with Crippen LogP contribution in [0.25, 0.3) is 0 Å². The molecular formula is C14H20N2OS2. The van der Waals surface area contributed by atoms with Crippen LogP contribution in [0.3, 0.4) is 0 Å². The number of thiophene rings is 1. The minimum absolute atomic E-state index is 0.159. The van der Waals surface area contributed by atoms with Crippen molar-refractivity contribution in [3.63, 3.8) is 0 Å². The number of thioether (sulfide) groups is 1. The fraction of sp³-hybridized carbons (Fsp3) is 0.643. The van der Waals surface area contributed by atoms with Crippen molar-refractivity contribution in [1.29, 1.82) is 0 Å². The molecule has 1 atom stereocenters. The van der Waals surface area contributed by atoms with Gasteiger partial charge in [-0.2, -0.15) is 11.8 Å². The smallest absolute Gasteiger partial charge is 0.263 e. The molecule has 1 aromatic heterocycles. The van der Waals surface area contributed by atoms with Crippen LogP contribution in [0.1, 0.15) is 33.0 Å². The van der Waals surface area contributed by atoms with Crippen molar-refractivity contribution >= 4 is 29.0 Å². The molecule has 19 heavy (non-hydrogen) atoms. The zero-order valence-corrected chi connectivity index (χ0v) is 12.9. The maximum absolute atomic E-state index is 12.6. The van der Waals surface area contributed by atoms with Gasteiger partial charge in [0.15, 0.2) is 0 Å². The van der Waals surface area contributed by atoms with Crippen molar-refractivity contribution in [3.8, 4) is 0 Å². The van der Waals surface area contributed by atoms with Crippen LogP contribution >= 0.6 is 23.1 Å². The van der Waals surface area contributed by atoms with Crippen LogP contribution in [0.5, 0.6) is 0 Å². The van der Waals surface area contributed by atoms with E-state index in [1.54, 1.807) is 11.3 Å². The van der Waals surface area contributed by atoms with Crippen LogP contribution in [0.4, 0.5) is 0 Å². The predicted molar refractivity (Wildman–Crippen MR) is 81.8 cm³/mol. The van der Waals surface area contributed by atoms with Gasteiger partial charge in [-0.05, 0) is 42.6 Å². The normalized spacial score (nSPS) is 19.9. The Bertz CT molecular complexity index is 458. The van der Waals surface area contributed by atoms with Crippen LogP contribution in [0.15, 0.2) is 6.07 Å². The summed E-state index contributed by atoms with van der Waals surface area (Å²) in [4.78, 5) is 16.8. The summed E-state index contributed by atoms with van der Waals surface area (Å²) in [5, 5.41) is 0. The molecule has 2 heterocycles. The van der Waals surface area contributed by atoms with Gasteiger partial charge in [-0.15, -0.1) is 11.3 Å². The number of rotatable bonds is 4. The molecule has 1 aromatic rings. The third-order valence-electron chi connectivity index (χ3n) is 4.06. The number of aryl methyl sites for hydroxylation is 1. The lowest BCUT2D eigenvalue weighted by Crippen LogP contribution is -2.43. The quantitative estimate of drug-likeness (QED) is 0.927. The molecule has 0 bridgehead atoms. The number of carbonyl (C=O) groups excluding carboxylic acids is 1. The topological polar surface area (TPSA) is 46.3 Å². The van der Waals surface area contributed by atoms with Gasteiger partial charge < -0.3 is 10.6 Å². The molecule has 1 aliphatic carbocycles. The van der Waals surface area contributed by atoms with Gasteiger partial charge in [-0.25, -0.2) is 0 Å². The second kappa shape index (κ2) is 5.46. The van der Waals surface area contributed by atoms with Gasteiger partial charge in [-0.1, -0.05) is 0 Å². The number of carbonyl (C=O) groups is 1. The summed E-state index contributed by atoms with van der Waals surface area (Å²) in [5.74, 6) is 3.03. The second-order valence-electron chi connectivity index (χ2n) is 5.42. The summed E-state index contributed by atoms with van der Waals surface area (Å²) in [6.45, 7) is 0.577. The van der Waals surface area contributed by atoms with Crippen LogP contribution < -0.4 is 5.73 Å². The molecule has 0 radical (unpaired) electrons. The number of nitrogens with two attached hydrogens (primary N) is 1. The number of fused-ring (bicyclic) bond motifs is 1. The number of amides is 1. The first kappa shape index (κ1) is 13.5. The van der Waals surface area contributed by atoms with Crippen molar-refractivity contribution in [2.45, 2.75) is 31.1 Å². The van der Waals surface area contributed by atoms with E-state index in [0.717, 1.165) is 17.1 Å². The van der Waals surface area contributed by atoms with Gasteiger partial charge in [0.2, 0.25) is 0 Å². The van der Waals surface area contributed by atoms with Gasteiger partial charge >= 0.3 is 0 Å². The first-order chi connectivity index (χ1) is 9.20. The van der Waals surface area contributed by atoms with Crippen LogP contribution in [-0.2, 0) is 12.2 Å². The van der Waals surface area contributed by atoms with Crippen LogP contribution in [0, 0.1) is 5.92 Å². The van der Waals surface area contributed by atoms with Crippen LogP contribution in [-0.4, -0.2) is 36.2 Å². The lowest BCUT2D eigenvalue weighted by Gasteiger charge is -2.26. The third kappa shape index (κ3) is 2.69. The van der Waals surface area contributed by atoms with E-state index >= 15 is 0 Å². The van der Waals surface area contributed by atoms with Gasteiger partial charge in [-0.3, -0.25) is 4.79 Å². The Hall–Kier alpha value is -0.520. The predicted octanol–water partition coefficient (Wildman–Crippen LogP) is 2.35. The average molecular weight is 296 g/mol. The summed E-state index contributed by atoms with van der Waals surface area (Å²) in [6, 6.07) is 2.33. The molecular weight excluding hydrogens is 276 g/mol. The summed E-state index contributed by atoms with van der Waals surface area (Å²) >= 11 is 3.64. The van der Waals surface area contributed by atoms with E-state index in [4.69, 9.17) is 5.73 Å². The first-order valence-corrected chi connectivity index (χ1v) is 8.84. The summed E-state index contributed by atoms with van der Waals surface area (Å²) in [7, 11) is 1.91. The zero-order chi connectivity index (χ0) is 13.4. The van der Waals surface area contributed by atoms with E-state index in [0.29, 0.717) is 12.5 Å². The average Bonchev–Trinajstić information content (AvgIpc) is 3.16. The Balaban J connectivity index is 1.77. The molecule has 0 aromatic carbocycles. The van der Waals surface area contributed by atoms with E-state index < -0.39 is 0 Å². The highest BCUT2D eigenvalue weighted by atomic mass is 32.2. The maximum atomic E-state index is 12.6. The molecule has 1 fully saturated rings. The lowest BCUT2D eigenvalue weighted by molar-refractivity contribution is 0.0723. The molecule has 104 valence electrons. The highest BCUT2D eigenvalue weighted by molar-refractivity contribution is 7.98. The van der Waals surface area contributed by atoms with E-state index in [1.165, 1.54) is 29.0 Å². The molecule has 0 spiro atoms. The van der Waals surface area contributed by atoms with Crippen molar-refractivity contribution in [1.82, 2.24) is 4.90 Å². The molecule has 1 unspecified atom stereocenters. The zero-order valence-electron chi connectivity index (χ0n) is 11.2. The monoisotopic (exact) mass is 296 g/mol.